The first kappa shape index (κ1) is 26.2. The molecule has 0 aliphatic rings. The summed E-state index contributed by atoms with van der Waals surface area (Å²) in [5, 5.41) is 12.4. The SMILES string of the molecule is CCCCN(C(=O)Nc1ccc(OC)cc1)c1cccc(Sc2ccc(C(CC)C(=O)O)cc2)c1. The molecule has 3 aromatic rings. The molecule has 0 aliphatic carbocycles. The van der Waals surface area contributed by atoms with Crippen LogP contribution in [0.3, 0.4) is 0 Å². The molecule has 1 atom stereocenters. The number of carboxylic acids is 1. The van der Waals surface area contributed by atoms with Gasteiger partial charge in [-0.1, -0.05) is 50.2 Å². The first-order valence-electron chi connectivity index (χ1n) is 11.8. The molecule has 0 aromatic heterocycles. The monoisotopic (exact) mass is 492 g/mol. The van der Waals surface area contributed by atoms with Gasteiger partial charge >= 0.3 is 12.0 Å². The number of benzene rings is 3. The molecule has 3 rings (SSSR count). The third-order valence-corrected chi connectivity index (χ3v) is 6.67. The van der Waals surface area contributed by atoms with Crippen LogP contribution in [0.4, 0.5) is 16.2 Å². The number of ether oxygens (including phenoxy) is 1. The van der Waals surface area contributed by atoms with Gasteiger partial charge in [-0.05, 0) is 73.0 Å². The number of carbonyl (C=O) groups is 2. The zero-order chi connectivity index (χ0) is 25.2. The third kappa shape index (κ3) is 7.26. The number of nitrogens with zero attached hydrogens (tertiary/aromatic N) is 1. The van der Waals surface area contributed by atoms with Gasteiger partial charge < -0.3 is 15.2 Å². The number of methoxy groups -OCH3 is 1. The normalized spacial score (nSPS) is 11.5. The van der Waals surface area contributed by atoms with Crippen LogP contribution in [-0.2, 0) is 4.79 Å². The molecule has 0 fully saturated rings. The molecule has 3 aromatic carbocycles. The highest BCUT2D eigenvalue weighted by Gasteiger charge is 2.18. The maximum absolute atomic E-state index is 13.2. The maximum Gasteiger partial charge on any atom is 0.326 e. The van der Waals surface area contributed by atoms with Gasteiger partial charge in [-0.2, -0.15) is 0 Å². The van der Waals surface area contributed by atoms with E-state index in [2.05, 4.69) is 12.2 Å². The summed E-state index contributed by atoms with van der Waals surface area (Å²) in [6.07, 6.45) is 2.41. The first-order valence-corrected chi connectivity index (χ1v) is 12.6. The van der Waals surface area contributed by atoms with Gasteiger partial charge in [0.15, 0.2) is 0 Å². The Balaban J connectivity index is 1.76. The minimum absolute atomic E-state index is 0.186. The molecule has 0 spiro atoms. The van der Waals surface area contributed by atoms with Crippen LogP contribution in [0.25, 0.3) is 0 Å². The Morgan fingerprint density at radius 1 is 1.00 bits per heavy atom. The lowest BCUT2D eigenvalue weighted by molar-refractivity contribution is -0.138. The summed E-state index contributed by atoms with van der Waals surface area (Å²) in [6, 6.07) is 22.6. The topological polar surface area (TPSA) is 78.9 Å². The van der Waals surface area contributed by atoms with Gasteiger partial charge in [0, 0.05) is 27.7 Å². The minimum Gasteiger partial charge on any atom is -0.497 e. The average Bonchev–Trinajstić information content (AvgIpc) is 2.86. The molecule has 1 unspecified atom stereocenters. The number of carboxylic acid groups (broad SMARTS) is 1. The molecule has 7 heteroatoms. The number of amides is 2. The number of urea groups is 1. The lowest BCUT2D eigenvalue weighted by Crippen LogP contribution is -2.35. The van der Waals surface area contributed by atoms with Crippen molar-refractivity contribution < 1.29 is 19.4 Å². The van der Waals surface area contributed by atoms with Crippen molar-refractivity contribution >= 4 is 35.1 Å². The number of hydrogen-bond donors (Lipinski definition) is 2. The quantitative estimate of drug-likeness (QED) is 0.294. The zero-order valence-electron chi connectivity index (χ0n) is 20.4. The van der Waals surface area contributed by atoms with Gasteiger partial charge in [0.2, 0.25) is 0 Å². The predicted octanol–water partition coefficient (Wildman–Crippen LogP) is 7.26. The van der Waals surface area contributed by atoms with E-state index in [1.165, 1.54) is 0 Å². The molecule has 6 nitrogen and oxygen atoms in total. The lowest BCUT2D eigenvalue weighted by Gasteiger charge is -2.24. The zero-order valence-corrected chi connectivity index (χ0v) is 21.2. The fourth-order valence-electron chi connectivity index (χ4n) is 3.70. The summed E-state index contributed by atoms with van der Waals surface area (Å²) in [5.74, 6) is -0.564. The molecule has 0 radical (unpaired) electrons. The Kier molecular flexibility index (Phi) is 9.61. The molecule has 0 saturated carbocycles. The van der Waals surface area contributed by atoms with Gasteiger partial charge in [-0.25, -0.2) is 4.79 Å². The van der Waals surface area contributed by atoms with Gasteiger partial charge in [0.05, 0.1) is 13.0 Å². The molecule has 35 heavy (non-hydrogen) atoms. The Labute approximate surface area is 211 Å². The second kappa shape index (κ2) is 12.9. The Bertz CT molecular complexity index is 1120. The van der Waals surface area contributed by atoms with E-state index in [9.17, 15) is 14.7 Å². The number of rotatable bonds is 11. The number of hydrogen-bond acceptors (Lipinski definition) is 4. The molecule has 0 aliphatic heterocycles. The summed E-state index contributed by atoms with van der Waals surface area (Å²) in [5.41, 5.74) is 2.33. The van der Waals surface area contributed by atoms with E-state index < -0.39 is 11.9 Å². The standard InChI is InChI=1S/C28H32N2O4S/c1-4-6-18-30(28(33)29-21-12-14-23(34-3)15-13-21)22-8-7-9-25(19-22)35-24-16-10-20(11-17-24)26(5-2)27(31)32/h7-17,19,26H,4-6,18H2,1-3H3,(H,29,33)(H,31,32). The largest absolute Gasteiger partial charge is 0.497 e. The molecule has 0 bridgehead atoms. The maximum atomic E-state index is 13.2. The number of carbonyl (C=O) groups excluding carboxylic acids is 1. The van der Waals surface area contributed by atoms with Gasteiger partial charge in [-0.15, -0.1) is 0 Å². The van der Waals surface area contributed by atoms with Crippen LogP contribution in [0, 0.1) is 0 Å². The van der Waals surface area contributed by atoms with E-state index in [1.807, 2.05) is 79.7 Å². The predicted molar refractivity (Wildman–Crippen MR) is 142 cm³/mol. The van der Waals surface area contributed by atoms with E-state index in [4.69, 9.17) is 4.74 Å². The highest BCUT2D eigenvalue weighted by atomic mass is 32.2. The Morgan fingerprint density at radius 3 is 2.31 bits per heavy atom. The van der Waals surface area contributed by atoms with Gasteiger partial charge in [0.25, 0.3) is 0 Å². The lowest BCUT2D eigenvalue weighted by atomic mass is 9.97. The molecule has 2 amide bonds. The summed E-state index contributed by atoms with van der Waals surface area (Å²) in [7, 11) is 1.61. The van der Waals surface area contributed by atoms with Crippen LogP contribution in [0.5, 0.6) is 5.75 Å². The van der Waals surface area contributed by atoms with Gasteiger partial charge in [-0.3, -0.25) is 9.69 Å². The summed E-state index contributed by atoms with van der Waals surface area (Å²) < 4.78 is 5.19. The van der Waals surface area contributed by atoms with Crippen molar-refractivity contribution in [3.05, 3.63) is 78.4 Å². The van der Waals surface area contributed by atoms with Crippen molar-refractivity contribution in [1.29, 1.82) is 0 Å². The van der Waals surface area contributed by atoms with E-state index in [1.54, 1.807) is 23.8 Å². The summed E-state index contributed by atoms with van der Waals surface area (Å²) in [6.45, 7) is 4.58. The van der Waals surface area contributed by atoms with Crippen LogP contribution >= 0.6 is 11.8 Å². The second-order valence-corrected chi connectivity index (χ2v) is 9.28. The van der Waals surface area contributed by atoms with Crippen LogP contribution in [-0.4, -0.2) is 30.8 Å². The fraction of sp³-hybridized carbons (Fsp3) is 0.286. The minimum atomic E-state index is -0.805. The van der Waals surface area contributed by atoms with E-state index >= 15 is 0 Å². The van der Waals surface area contributed by atoms with E-state index in [0.29, 0.717) is 18.7 Å². The van der Waals surface area contributed by atoms with Crippen molar-refractivity contribution in [3.63, 3.8) is 0 Å². The van der Waals surface area contributed by atoms with Crippen molar-refractivity contribution in [2.24, 2.45) is 0 Å². The Morgan fingerprint density at radius 2 is 1.71 bits per heavy atom. The second-order valence-electron chi connectivity index (χ2n) is 8.13. The van der Waals surface area contributed by atoms with Crippen molar-refractivity contribution in [2.45, 2.75) is 48.8 Å². The first-order chi connectivity index (χ1) is 16.9. The average molecular weight is 493 g/mol. The fourth-order valence-corrected chi connectivity index (χ4v) is 4.57. The van der Waals surface area contributed by atoms with Gasteiger partial charge in [0.1, 0.15) is 5.75 Å². The van der Waals surface area contributed by atoms with Crippen LogP contribution in [0.1, 0.15) is 44.6 Å². The highest BCUT2D eigenvalue weighted by molar-refractivity contribution is 7.99. The molecule has 184 valence electrons. The van der Waals surface area contributed by atoms with Crippen molar-refractivity contribution in [1.82, 2.24) is 0 Å². The molecule has 0 heterocycles. The molecular formula is C28H32N2O4S. The summed E-state index contributed by atoms with van der Waals surface area (Å²) >= 11 is 1.58. The molecular weight excluding hydrogens is 460 g/mol. The molecule has 2 N–H and O–H groups in total. The number of anilines is 2. The van der Waals surface area contributed by atoms with E-state index in [-0.39, 0.29) is 6.03 Å². The van der Waals surface area contributed by atoms with Crippen LogP contribution in [0.15, 0.2) is 82.6 Å². The number of unbranched alkanes of at least 4 members (excludes halogenated alkanes) is 1. The van der Waals surface area contributed by atoms with Crippen molar-refractivity contribution in [2.75, 3.05) is 23.9 Å². The van der Waals surface area contributed by atoms with E-state index in [0.717, 1.165) is 39.6 Å². The number of aliphatic carboxylic acids is 1. The highest BCUT2D eigenvalue weighted by Crippen LogP contribution is 2.32. The summed E-state index contributed by atoms with van der Waals surface area (Å²) in [4.78, 5) is 28.4. The third-order valence-electron chi connectivity index (χ3n) is 5.68. The van der Waals surface area contributed by atoms with Crippen LogP contribution in [0.2, 0.25) is 0 Å². The molecule has 0 saturated heterocycles. The van der Waals surface area contributed by atoms with Crippen LogP contribution < -0.4 is 15.0 Å². The number of nitrogens with one attached hydrogen (secondary N) is 1. The smallest absolute Gasteiger partial charge is 0.326 e. The van der Waals surface area contributed by atoms with Crippen molar-refractivity contribution in [3.8, 4) is 5.75 Å². The Hall–Kier alpha value is -3.45.